The maximum atomic E-state index is 13.0. The summed E-state index contributed by atoms with van der Waals surface area (Å²) in [5.41, 5.74) is 2.36. The van der Waals surface area contributed by atoms with Gasteiger partial charge in [-0.2, -0.15) is 0 Å². The number of aryl methyl sites for hydroxylation is 1. The number of sulfonamides is 1. The van der Waals surface area contributed by atoms with Crippen LogP contribution in [0.15, 0.2) is 27.6 Å². The lowest BCUT2D eigenvalue weighted by molar-refractivity contribution is 0.401. The summed E-state index contributed by atoms with van der Waals surface area (Å²) in [5.74, 6) is 0.903. The highest BCUT2D eigenvalue weighted by atomic mass is 32.2. The Morgan fingerprint density at radius 1 is 1.15 bits per heavy atom. The smallest absolute Gasteiger partial charge is 0.244 e. The average Bonchev–Trinajstić information content (AvgIpc) is 2.81. The van der Waals surface area contributed by atoms with Crippen LogP contribution in [0.2, 0.25) is 0 Å². The van der Waals surface area contributed by atoms with E-state index in [4.69, 9.17) is 9.26 Å². The van der Waals surface area contributed by atoms with Crippen molar-refractivity contribution in [3.63, 3.8) is 0 Å². The molecule has 0 spiro atoms. The molecule has 1 heterocycles. The third kappa shape index (κ3) is 3.94. The third-order valence-corrected chi connectivity index (χ3v) is 6.59. The van der Waals surface area contributed by atoms with Crippen LogP contribution in [0.4, 0.5) is 0 Å². The summed E-state index contributed by atoms with van der Waals surface area (Å²) < 4.78 is 39.6. The molecule has 0 unspecified atom stereocenters. The summed E-state index contributed by atoms with van der Waals surface area (Å²) in [6.45, 7) is 3.76. The second kappa shape index (κ2) is 7.80. The molecular formula is C19H26N2O4S. The summed E-state index contributed by atoms with van der Waals surface area (Å²) in [6, 6.07) is 5.03. The Hall–Kier alpha value is -1.86. The zero-order valence-electron chi connectivity index (χ0n) is 15.5. The second-order valence-corrected chi connectivity index (χ2v) is 8.58. The summed E-state index contributed by atoms with van der Waals surface area (Å²) in [6.07, 6.45) is 6.20. The largest absolute Gasteiger partial charge is 0.495 e. The van der Waals surface area contributed by atoms with E-state index in [9.17, 15) is 8.42 Å². The van der Waals surface area contributed by atoms with Crippen molar-refractivity contribution >= 4 is 10.0 Å². The molecule has 0 atom stereocenters. The Morgan fingerprint density at radius 3 is 2.42 bits per heavy atom. The minimum absolute atomic E-state index is 0.0230. The van der Waals surface area contributed by atoms with Gasteiger partial charge in [-0.25, -0.2) is 13.1 Å². The van der Waals surface area contributed by atoms with Crippen molar-refractivity contribution in [3.8, 4) is 17.1 Å². The number of benzene rings is 1. The van der Waals surface area contributed by atoms with E-state index in [-0.39, 0.29) is 10.9 Å². The molecule has 1 aliphatic carbocycles. The molecule has 0 saturated heterocycles. The van der Waals surface area contributed by atoms with Crippen molar-refractivity contribution in [1.29, 1.82) is 0 Å². The molecule has 0 radical (unpaired) electrons. The van der Waals surface area contributed by atoms with Crippen molar-refractivity contribution in [2.45, 2.75) is 63.3 Å². The van der Waals surface area contributed by atoms with Crippen LogP contribution in [-0.2, 0) is 10.0 Å². The van der Waals surface area contributed by atoms with Crippen LogP contribution in [0.5, 0.6) is 5.75 Å². The topological polar surface area (TPSA) is 81.4 Å². The van der Waals surface area contributed by atoms with Crippen LogP contribution in [0.25, 0.3) is 11.3 Å². The van der Waals surface area contributed by atoms with Crippen LogP contribution in [0.3, 0.4) is 0 Å². The van der Waals surface area contributed by atoms with Gasteiger partial charge in [0.25, 0.3) is 0 Å². The van der Waals surface area contributed by atoms with Gasteiger partial charge in [0.15, 0.2) is 5.76 Å². The van der Waals surface area contributed by atoms with Crippen LogP contribution in [0.1, 0.15) is 49.8 Å². The first-order valence-corrected chi connectivity index (χ1v) is 10.5. The summed E-state index contributed by atoms with van der Waals surface area (Å²) in [5, 5.41) is 3.96. The highest BCUT2D eigenvalue weighted by molar-refractivity contribution is 7.89. The maximum absolute atomic E-state index is 13.0. The SMILES string of the molecule is COc1ccc(-c2onc(C)c2C)cc1S(=O)(=O)NC1CCCCCC1. The molecule has 1 aromatic heterocycles. The van der Waals surface area contributed by atoms with Gasteiger partial charge in [-0.1, -0.05) is 30.8 Å². The number of nitrogens with one attached hydrogen (secondary N) is 1. The molecule has 1 N–H and O–H groups in total. The molecule has 0 amide bonds. The van der Waals surface area contributed by atoms with Gasteiger partial charge in [-0.15, -0.1) is 0 Å². The number of hydrogen-bond acceptors (Lipinski definition) is 5. The van der Waals surface area contributed by atoms with E-state index >= 15 is 0 Å². The first kappa shape index (κ1) is 18.9. The Morgan fingerprint density at radius 2 is 1.85 bits per heavy atom. The summed E-state index contributed by atoms with van der Waals surface area (Å²) >= 11 is 0. The van der Waals surface area contributed by atoms with Gasteiger partial charge in [0.2, 0.25) is 10.0 Å². The highest BCUT2D eigenvalue weighted by Gasteiger charge is 2.25. The number of ether oxygens (including phenoxy) is 1. The van der Waals surface area contributed by atoms with E-state index in [1.54, 1.807) is 18.2 Å². The number of nitrogens with zero attached hydrogens (tertiary/aromatic N) is 1. The van der Waals surface area contributed by atoms with E-state index in [0.717, 1.165) is 36.9 Å². The van der Waals surface area contributed by atoms with Gasteiger partial charge in [0.1, 0.15) is 10.6 Å². The molecule has 26 heavy (non-hydrogen) atoms. The molecule has 0 bridgehead atoms. The van der Waals surface area contributed by atoms with Gasteiger partial charge in [-0.3, -0.25) is 0 Å². The fourth-order valence-corrected chi connectivity index (χ4v) is 4.89. The Balaban J connectivity index is 1.96. The zero-order chi connectivity index (χ0) is 18.7. The molecule has 1 aliphatic rings. The first-order valence-electron chi connectivity index (χ1n) is 9.06. The molecule has 1 saturated carbocycles. The molecule has 7 heteroatoms. The van der Waals surface area contributed by atoms with Gasteiger partial charge in [-0.05, 0) is 44.9 Å². The predicted molar refractivity (Wildman–Crippen MR) is 99.8 cm³/mol. The molecular weight excluding hydrogens is 352 g/mol. The van der Waals surface area contributed by atoms with E-state index < -0.39 is 10.0 Å². The van der Waals surface area contributed by atoms with Crippen molar-refractivity contribution < 1.29 is 17.7 Å². The molecule has 1 aromatic carbocycles. The van der Waals surface area contributed by atoms with Gasteiger partial charge in [0.05, 0.1) is 12.8 Å². The predicted octanol–water partition coefficient (Wildman–Crippen LogP) is 3.97. The third-order valence-electron chi connectivity index (χ3n) is 5.05. The minimum Gasteiger partial charge on any atom is -0.495 e. The van der Waals surface area contributed by atoms with Crippen molar-refractivity contribution in [2.75, 3.05) is 7.11 Å². The highest BCUT2D eigenvalue weighted by Crippen LogP contribution is 2.32. The Bertz CT molecular complexity index is 866. The van der Waals surface area contributed by atoms with Crippen molar-refractivity contribution in [1.82, 2.24) is 9.88 Å². The Labute approximate surface area is 155 Å². The molecule has 6 nitrogen and oxygen atoms in total. The lowest BCUT2D eigenvalue weighted by atomic mass is 10.1. The second-order valence-electron chi connectivity index (χ2n) is 6.90. The minimum atomic E-state index is -3.69. The van der Waals surface area contributed by atoms with Gasteiger partial charge >= 0.3 is 0 Å². The molecule has 1 fully saturated rings. The maximum Gasteiger partial charge on any atom is 0.244 e. The van der Waals surface area contributed by atoms with E-state index in [2.05, 4.69) is 9.88 Å². The number of rotatable bonds is 5. The first-order chi connectivity index (χ1) is 12.4. The van der Waals surface area contributed by atoms with Crippen LogP contribution in [-0.4, -0.2) is 26.7 Å². The molecule has 142 valence electrons. The van der Waals surface area contributed by atoms with E-state index in [1.165, 1.54) is 20.0 Å². The lowest BCUT2D eigenvalue weighted by Gasteiger charge is -2.18. The fourth-order valence-electron chi connectivity index (χ4n) is 3.39. The summed E-state index contributed by atoms with van der Waals surface area (Å²) in [4.78, 5) is 0.134. The zero-order valence-corrected chi connectivity index (χ0v) is 16.4. The standard InChI is InChI=1S/C19H26N2O4S/c1-13-14(2)20-25-19(13)15-10-11-17(24-3)18(12-15)26(22,23)21-16-8-6-4-5-7-9-16/h10-12,16,21H,4-9H2,1-3H3. The van der Waals surface area contributed by atoms with E-state index in [1.807, 2.05) is 13.8 Å². The average molecular weight is 378 g/mol. The van der Waals surface area contributed by atoms with Crippen LogP contribution < -0.4 is 9.46 Å². The summed E-state index contributed by atoms with van der Waals surface area (Å²) in [7, 11) is -2.22. The van der Waals surface area contributed by atoms with Crippen LogP contribution in [0, 0.1) is 13.8 Å². The molecule has 2 aromatic rings. The Kier molecular flexibility index (Phi) is 5.67. The lowest BCUT2D eigenvalue weighted by Crippen LogP contribution is -2.34. The number of hydrogen-bond donors (Lipinski definition) is 1. The van der Waals surface area contributed by atoms with Crippen LogP contribution >= 0.6 is 0 Å². The molecule has 3 rings (SSSR count). The number of aromatic nitrogens is 1. The van der Waals surface area contributed by atoms with Crippen molar-refractivity contribution in [2.24, 2.45) is 0 Å². The van der Waals surface area contributed by atoms with Gasteiger partial charge in [0, 0.05) is 17.2 Å². The monoisotopic (exact) mass is 378 g/mol. The quantitative estimate of drug-likeness (QED) is 0.796. The molecule has 0 aliphatic heterocycles. The van der Waals surface area contributed by atoms with E-state index in [0.29, 0.717) is 17.1 Å². The fraction of sp³-hybridized carbons (Fsp3) is 0.526. The van der Waals surface area contributed by atoms with Crippen molar-refractivity contribution in [3.05, 3.63) is 29.5 Å². The number of methoxy groups -OCH3 is 1. The normalized spacial score (nSPS) is 16.4. The van der Waals surface area contributed by atoms with Gasteiger partial charge < -0.3 is 9.26 Å².